The molecule has 0 aliphatic rings. The molecule has 0 unspecified atom stereocenters. The maximum Gasteiger partial charge on any atom is 0.343 e. The number of benzene rings is 4. The molecule has 8 heteroatoms. The van der Waals surface area contributed by atoms with E-state index in [1.54, 1.807) is 60.7 Å². The molecule has 0 radical (unpaired) electrons. The molecule has 36 heavy (non-hydrogen) atoms. The molecule has 6 nitrogen and oxygen atoms in total. The van der Waals surface area contributed by atoms with Crippen molar-refractivity contribution >= 4 is 50.0 Å². The Balaban J connectivity index is 1.47. The van der Waals surface area contributed by atoms with Crippen molar-refractivity contribution < 1.29 is 19.1 Å². The standard InChI is InChI=1S/C28H20Br2N2O4/c29-22-11-13-25(36-28(34)20-9-5-2-6-10-20)21(15-22)17-31-32-27(33)24-16-23(30)12-14-26(24)35-18-19-7-3-1-4-8-19/h1-17H,18H2,(H,32,33)/b31-17-. The Morgan fingerprint density at radius 3 is 2.17 bits per heavy atom. The molecule has 1 amide bonds. The lowest BCUT2D eigenvalue weighted by molar-refractivity contribution is 0.0734. The zero-order valence-corrected chi connectivity index (χ0v) is 22.0. The fourth-order valence-electron chi connectivity index (χ4n) is 3.21. The molecular weight excluding hydrogens is 588 g/mol. The molecule has 4 aromatic carbocycles. The third kappa shape index (κ3) is 6.90. The molecule has 0 saturated carbocycles. The minimum absolute atomic E-state index is 0.305. The van der Waals surface area contributed by atoms with Crippen LogP contribution >= 0.6 is 31.9 Å². The molecule has 0 aromatic heterocycles. The van der Waals surface area contributed by atoms with Crippen molar-refractivity contribution in [3.63, 3.8) is 0 Å². The number of nitrogens with zero attached hydrogens (tertiary/aromatic N) is 1. The lowest BCUT2D eigenvalue weighted by atomic mass is 10.2. The Morgan fingerprint density at radius 2 is 1.44 bits per heavy atom. The summed E-state index contributed by atoms with van der Waals surface area (Å²) >= 11 is 6.81. The molecule has 0 aliphatic heterocycles. The predicted octanol–water partition coefficient (Wildman–Crippen LogP) is 6.77. The summed E-state index contributed by atoms with van der Waals surface area (Å²) in [6.07, 6.45) is 1.42. The summed E-state index contributed by atoms with van der Waals surface area (Å²) in [5, 5.41) is 4.08. The van der Waals surface area contributed by atoms with Gasteiger partial charge >= 0.3 is 5.97 Å². The minimum atomic E-state index is -0.494. The normalized spacial score (nSPS) is 10.7. The molecule has 180 valence electrons. The highest BCUT2D eigenvalue weighted by atomic mass is 79.9. The number of esters is 1. The molecule has 0 fully saturated rings. The smallest absolute Gasteiger partial charge is 0.343 e. The molecule has 0 atom stereocenters. The summed E-state index contributed by atoms with van der Waals surface area (Å²) < 4.78 is 12.9. The van der Waals surface area contributed by atoms with Crippen LogP contribution in [0.4, 0.5) is 0 Å². The van der Waals surface area contributed by atoms with E-state index in [1.807, 2.05) is 36.4 Å². The van der Waals surface area contributed by atoms with Gasteiger partial charge in [0.1, 0.15) is 18.1 Å². The van der Waals surface area contributed by atoms with Crippen LogP contribution in [0.5, 0.6) is 11.5 Å². The van der Waals surface area contributed by atoms with Gasteiger partial charge in [-0.15, -0.1) is 0 Å². The van der Waals surface area contributed by atoms with Crippen LogP contribution in [0.1, 0.15) is 31.8 Å². The van der Waals surface area contributed by atoms with E-state index >= 15 is 0 Å². The molecule has 1 N–H and O–H groups in total. The number of nitrogens with one attached hydrogen (secondary N) is 1. The van der Waals surface area contributed by atoms with Crippen LogP contribution < -0.4 is 14.9 Å². The predicted molar refractivity (Wildman–Crippen MR) is 146 cm³/mol. The molecule has 0 bridgehead atoms. The monoisotopic (exact) mass is 606 g/mol. The van der Waals surface area contributed by atoms with Crippen molar-refractivity contribution in [1.29, 1.82) is 0 Å². The number of carbonyl (C=O) groups is 2. The third-order valence-corrected chi connectivity index (χ3v) is 5.96. The first kappa shape index (κ1) is 25.3. The van der Waals surface area contributed by atoms with Crippen LogP contribution in [0, 0.1) is 0 Å². The van der Waals surface area contributed by atoms with Gasteiger partial charge in [-0.3, -0.25) is 4.79 Å². The van der Waals surface area contributed by atoms with E-state index < -0.39 is 11.9 Å². The molecule has 0 heterocycles. The lowest BCUT2D eigenvalue weighted by Crippen LogP contribution is -2.19. The van der Waals surface area contributed by atoms with Gasteiger partial charge in [0.25, 0.3) is 5.91 Å². The summed E-state index contributed by atoms with van der Waals surface area (Å²) in [6, 6.07) is 28.7. The van der Waals surface area contributed by atoms with Crippen molar-refractivity contribution in [1.82, 2.24) is 5.43 Å². The van der Waals surface area contributed by atoms with Gasteiger partial charge in [-0.2, -0.15) is 5.10 Å². The van der Waals surface area contributed by atoms with Gasteiger partial charge in [-0.25, -0.2) is 10.2 Å². The Morgan fingerprint density at radius 1 is 0.806 bits per heavy atom. The topological polar surface area (TPSA) is 77.0 Å². The average Bonchev–Trinajstić information content (AvgIpc) is 2.90. The highest BCUT2D eigenvalue weighted by molar-refractivity contribution is 9.10. The summed E-state index contributed by atoms with van der Waals surface area (Å²) in [5.74, 6) is -0.214. The van der Waals surface area contributed by atoms with Gasteiger partial charge in [0.2, 0.25) is 0 Å². The van der Waals surface area contributed by atoms with Crippen molar-refractivity contribution in [3.05, 3.63) is 128 Å². The number of rotatable bonds is 8. The van der Waals surface area contributed by atoms with Crippen molar-refractivity contribution in [2.75, 3.05) is 0 Å². The molecule has 0 aliphatic carbocycles. The lowest BCUT2D eigenvalue weighted by Gasteiger charge is -2.11. The number of hydrazone groups is 1. The number of halogens is 2. The SMILES string of the molecule is O=C(Oc1ccc(Br)cc1/C=N\NC(=O)c1cc(Br)ccc1OCc1ccccc1)c1ccccc1. The van der Waals surface area contributed by atoms with Gasteiger partial charge in [0, 0.05) is 14.5 Å². The fourth-order valence-corrected chi connectivity index (χ4v) is 3.95. The van der Waals surface area contributed by atoms with Gasteiger partial charge in [-0.1, -0.05) is 80.4 Å². The fraction of sp³-hybridized carbons (Fsp3) is 0.0357. The number of hydrogen-bond acceptors (Lipinski definition) is 5. The van der Waals surface area contributed by atoms with Crippen LogP contribution in [0.15, 0.2) is 111 Å². The summed E-state index contributed by atoms with van der Waals surface area (Å²) in [7, 11) is 0. The van der Waals surface area contributed by atoms with E-state index in [9.17, 15) is 9.59 Å². The number of amides is 1. The van der Waals surface area contributed by atoms with Gasteiger partial charge in [0.15, 0.2) is 0 Å². The second-order valence-electron chi connectivity index (χ2n) is 7.55. The van der Waals surface area contributed by atoms with Crippen molar-refractivity contribution in [3.8, 4) is 11.5 Å². The summed E-state index contributed by atoms with van der Waals surface area (Å²) in [5.41, 5.74) is 4.75. The second-order valence-corrected chi connectivity index (χ2v) is 9.38. The Kier molecular flexibility index (Phi) is 8.65. The number of carbonyl (C=O) groups excluding carboxylic acids is 2. The number of ether oxygens (including phenoxy) is 2. The first-order chi connectivity index (χ1) is 17.5. The first-order valence-electron chi connectivity index (χ1n) is 10.9. The van der Waals surface area contributed by atoms with Crippen LogP contribution in [0.3, 0.4) is 0 Å². The molecule has 0 saturated heterocycles. The van der Waals surface area contributed by atoms with E-state index in [0.29, 0.717) is 34.8 Å². The highest BCUT2D eigenvalue weighted by Gasteiger charge is 2.14. The van der Waals surface area contributed by atoms with Gasteiger partial charge in [0.05, 0.1) is 17.3 Å². The van der Waals surface area contributed by atoms with Gasteiger partial charge in [-0.05, 0) is 54.1 Å². The van der Waals surface area contributed by atoms with Crippen LogP contribution in [-0.4, -0.2) is 18.1 Å². The average molecular weight is 608 g/mol. The Bertz CT molecular complexity index is 1390. The van der Waals surface area contributed by atoms with E-state index in [2.05, 4.69) is 42.4 Å². The summed E-state index contributed by atoms with van der Waals surface area (Å²) in [4.78, 5) is 25.4. The van der Waals surface area contributed by atoms with Crippen LogP contribution in [0.25, 0.3) is 0 Å². The van der Waals surface area contributed by atoms with Gasteiger partial charge < -0.3 is 9.47 Å². The highest BCUT2D eigenvalue weighted by Crippen LogP contribution is 2.25. The molecular formula is C28H20Br2N2O4. The zero-order valence-electron chi connectivity index (χ0n) is 18.9. The van der Waals surface area contributed by atoms with Crippen molar-refractivity contribution in [2.45, 2.75) is 6.61 Å². The molecule has 0 spiro atoms. The third-order valence-electron chi connectivity index (χ3n) is 4.98. The molecule has 4 aromatic rings. The van der Waals surface area contributed by atoms with Crippen LogP contribution in [0.2, 0.25) is 0 Å². The molecule has 4 rings (SSSR count). The van der Waals surface area contributed by atoms with E-state index in [-0.39, 0.29) is 0 Å². The Hall–Kier alpha value is -3.75. The maximum absolute atomic E-state index is 12.9. The van der Waals surface area contributed by atoms with E-state index in [0.717, 1.165) is 14.5 Å². The minimum Gasteiger partial charge on any atom is -0.488 e. The second kappa shape index (κ2) is 12.3. The van der Waals surface area contributed by atoms with E-state index in [4.69, 9.17) is 9.47 Å². The maximum atomic E-state index is 12.9. The Labute approximate surface area is 225 Å². The largest absolute Gasteiger partial charge is 0.488 e. The first-order valence-corrected chi connectivity index (χ1v) is 12.4. The van der Waals surface area contributed by atoms with Crippen molar-refractivity contribution in [2.24, 2.45) is 5.10 Å². The van der Waals surface area contributed by atoms with Crippen LogP contribution in [-0.2, 0) is 6.61 Å². The summed E-state index contributed by atoms with van der Waals surface area (Å²) in [6.45, 7) is 0.320. The quantitative estimate of drug-likeness (QED) is 0.104. The van der Waals surface area contributed by atoms with E-state index in [1.165, 1.54) is 6.21 Å². The zero-order chi connectivity index (χ0) is 25.3. The number of hydrogen-bond donors (Lipinski definition) is 1.